The van der Waals surface area contributed by atoms with Crippen LogP contribution in [0.2, 0.25) is 0 Å². The Morgan fingerprint density at radius 3 is 2.16 bits per heavy atom. The normalized spacial score (nSPS) is 12.9. The number of sulfonamides is 1. The van der Waals surface area contributed by atoms with Crippen LogP contribution in [0.1, 0.15) is 32.3 Å². The number of benzene rings is 1. The maximum atomic E-state index is 12.8. The molecule has 0 radical (unpaired) electrons. The lowest BCUT2D eigenvalue weighted by Gasteiger charge is -2.18. The van der Waals surface area contributed by atoms with E-state index in [2.05, 4.69) is 4.72 Å². The smallest absolute Gasteiger partial charge is 0.208 e. The van der Waals surface area contributed by atoms with Crippen LogP contribution in [-0.4, -0.2) is 14.5 Å². The number of alkyl halides is 3. The van der Waals surface area contributed by atoms with Crippen LogP contribution < -0.4 is 4.72 Å². The summed E-state index contributed by atoms with van der Waals surface area (Å²) >= 11 is 0. The highest BCUT2D eigenvalue weighted by Gasteiger charge is 2.37. The van der Waals surface area contributed by atoms with E-state index < -0.39 is 26.7 Å². The molecule has 108 valence electrons. The number of halogens is 3. The molecule has 0 aliphatic heterocycles. The Morgan fingerprint density at radius 1 is 1.16 bits per heavy atom. The predicted molar refractivity (Wildman–Crippen MR) is 66.1 cm³/mol. The summed E-state index contributed by atoms with van der Waals surface area (Å²) in [6.45, 7) is 3.54. The molecule has 0 heterocycles. The lowest BCUT2D eigenvalue weighted by molar-refractivity contribution is -0.139. The standard InChI is InChI=1S/C12H16F3NO2S/c1-3-9(4-2)16-19(17,18)11-8-6-5-7-10(11)12(13,14)15/h5-9,16H,3-4H2,1-2H3. The maximum Gasteiger partial charge on any atom is 0.417 e. The first-order valence-corrected chi connectivity index (χ1v) is 7.39. The molecule has 1 aromatic rings. The minimum atomic E-state index is -4.70. The van der Waals surface area contributed by atoms with E-state index in [-0.39, 0.29) is 6.04 Å². The van der Waals surface area contributed by atoms with E-state index in [9.17, 15) is 21.6 Å². The summed E-state index contributed by atoms with van der Waals surface area (Å²) < 4.78 is 64.7. The Kier molecular flexibility index (Phi) is 4.98. The average Bonchev–Trinajstić information content (AvgIpc) is 2.35. The lowest BCUT2D eigenvalue weighted by Crippen LogP contribution is -2.35. The van der Waals surface area contributed by atoms with Gasteiger partial charge in [0, 0.05) is 6.04 Å². The molecule has 0 atom stereocenters. The highest BCUT2D eigenvalue weighted by molar-refractivity contribution is 7.89. The molecular formula is C12H16F3NO2S. The molecular weight excluding hydrogens is 279 g/mol. The van der Waals surface area contributed by atoms with Crippen molar-refractivity contribution < 1.29 is 21.6 Å². The third kappa shape index (κ3) is 3.94. The van der Waals surface area contributed by atoms with Crippen LogP contribution in [0.25, 0.3) is 0 Å². The van der Waals surface area contributed by atoms with E-state index in [1.165, 1.54) is 12.1 Å². The SMILES string of the molecule is CCC(CC)NS(=O)(=O)c1ccccc1C(F)(F)F. The number of rotatable bonds is 5. The van der Waals surface area contributed by atoms with E-state index in [1.54, 1.807) is 13.8 Å². The molecule has 0 spiro atoms. The highest BCUT2D eigenvalue weighted by Crippen LogP contribution is 2.33. The molecule has 1 aromatic carbocycles. The monoisotopic (exact) mass is 295 g/mol. The molecule has 0 saturated heterocycles. The Bertz CT molecular complexity index is 522. The van der Waals surface area contributed by atoms with Gasteiger partial charge in [-0.05, 0) is 25.0 Å². The number of hydrogen-bond donors (Lipinski definition) is 1. The van der Waals surface area contributed by atoms with Crippen molar-refractivity contribution in [1.82, 2.24) is 4.72 Å². The lowest BCUT2D eigenvalue weighted by atomic mass is 10.2. The van der Waals surface area contributed by atoms with Gasteiger partial charge in [0.1, 0.15) is 0 Å². The second-order valence-corrected chi connectivity index (χ2v) is 5.81. The largest absolute Gasteiger partial charge is 0.417 e. The summed E-state index contributed by atoms with van der Waals surface area (Å²) in [6.07, 6.45) is -3.66. The van der Waals surface area contributed by atoms with Crippen LogP contribution in [0, 0.1) is 0 Å². The fourth-order valence-electron chi connectivity index (χ4n) is 1.67. The molecule has 1 N–H and O–H groups in total. The number of hydrogen-bond acceptors (Lipinski definition) is 2. The first-order chi connectivity index (χ1) is 8.72. The van der Waals surface area contributed by atoms with Crippen LogP contribution in [0.15, 0.2) is 29.2 Å². The van der Waals surface area contributed by atoms with Crippen molar-refractivity contribution in [2.24, 2.45) is 0 Å². The average molecular weight is 295 g/mol. The Hall–Kier alpha value is -1.08. The van der Waals surface area contributed by atoms with Gasteiger partial charge in [0.2, 0.25) is 10.0 Å². The highest BCUT2D eigenvalue weighted by atomic mass is 32.2. The zero-order chi connectivity index (χ0) is 14.7. The topological polar surface area (TPSA) is 46.2 Å². The van der Waals surface area contributed by atoms with Gasteiger partial charge >= 0.3 is 6.18 Å². The van der Waals surface area contributed by atoms with E-state index in [4.69, 9.17) is 0 Å². The van der Waals surface area contributed by atoms with Gasteiger partial charge in [0.25, 0.3) is 0 Å². The van der Waals surface area contributed by atoms with Crippen LogP contribution in [0.5, 0.6) is 0 Å². The van der Waals surface area contributed by atoms with Gasteiger partial charge in [0.05, 0.1) is 10.5 Å². The third-order valence-electron chi connectivity index (χ3n) is 2.79. The molecule has 7 heteroatoms. The van der Waals surface area contributed by atoms with Crippen molar-refractivity contribution in [2.45, 2.75) is 43.8 Å². The molecule has 0 unspecified atom stereocenters. The molecule has 3 nitrogen and oxygen atoms in total. The van der Waals surface area contributed by atoms with E-state index in [1.807, 2.05) is 0 Å². The molecule has 0 aliphatic rings. The minimum absolute atomic E-state index is 0.369. The fraction of sp³-hybridized carbons (Fsp3) is 0.500. The molecule has 0 bridgehead atoms. The van der Waals surface area contributed by atoms with Gasteiger partial charge in [0.15, 0.2) is 0 Å². The Labute approximate surface area is 110 Å². The Balaban J connectivity index is 3.23. The van der Waals surface area contributed by atoms with Crippen molar-refractivity contribution in [3.8, 4) is 0 Å². The van der Waals surface area contributed by atoms with Gasteiger partial charge < -0.3 is 0 Å². The molecule has 0 fully saturated rings. The van der Waals surface area contributed by atoms with Crippen molar-refractivity contribution in [3.63, 3.8) is 0 Å². The summed E-state index contributed by atoms with van der Waals surface area (Å²) in [6, 6.07) is 3.80. The van der Waals surface area contributed by atoms with Crippen LogP contribution >= 0.6 is 0 Å². The number of nitrogens with one attached hydrogen (secondary N) is 1. The summed E-state index contributed by atoms with van der Waals surface area (Å²) in [4.78, 5) is -0.727. The third-order valence-corrected chi connectivity index (χ3v) is 4.37. The van der Waals surface area contributed by atoms with Gasteiger partial charge in [-0.25, -0.2) is 13.1 Å². The van der Waals surface area contributed by atoms with Crippen molar-refractivity contribution >= 4 is 10.0 Å². The second kappa shape index (κ2) is 5.92. The van der Waals surface area contributed by atoms with Gasteiger partial charge in [-0.1, -0.05) is 26.0 Å². The van der Waals surface area contributed by atoms with Gasteiger partial charge in [-0.15, -0.1) is 0 Å². The minimum Gasteiger partial charge on any atom is -0.208 e. The molecule has 0 aromatic heterocycles. The van der Waals surface area contributed by atoms with Gasteiger partial charge in [-0.3, -0.25) is 0 Å². The fourth-order valence-corrected chi connectivity index (χ4v) is 3.30. The molecule has 19 heavy (non-hydrogen) atoms. The first kappa shape index (κ1) is 16.0. The molecule has 0 saturated carbocycles. The van der Waals surface area contributed by atoms with Crippen LogP contribution in [-0.2, 0) is 16.2 Å². The van der Waals surface area contributed by atoms with Crippen molar-refractivity contribution in [1.29, 1.82) is 0 Å². The molecule has 0 amide bonds. The summed E-state index contributed by atoms with van der Waals surface area (Å²) in [5.41, 5.74) is -1.14. The summed E-state index contributed by atoms with van der Waals surface area (Å²) in [5, 5.41) is 0. The first-order valence-electron chi connectivity index (χ1n) is 5.91. The van der Waals surface area contributed by atoms with Gasteiger partial charge in [-0.2, -0.15) is 13.2 Å². The van der Waals surface area contributed by atoms with Crippen LogP contribution in [0.3, 0.4) is 0 Å². The molecule has 0 aliphatic carbocycles. The zero-order valence-electron chi connectivity index (χ0n) is 10.7. The quantitative estimate of drug-likeness (QED) is 0.907. The maximum absolute atomic E-state index is 12.8. The van der Waals surface area contributed by atoms with Crippen molar-refractivity contribution in [2.75, 3.05) is 0 Å². The predicted octanol–water partition coefficient (Wildman–Crippen LogP) is 3.17. The van der Waals surface area contributed by atoms with E-state index in [0.717, 1.165) is 12.1 Å². The van der Waals surface area contributed by atoms with E-state index >= 15 is 0 Å². The molecule has 1 rings (SSSR count). The van der Waals surface area contributed by atoms with Crippen molar-refractivity contribution in [3.05, 3.63) is 29.8 Å². The Morgan fingerprint density at radius 2 is 1.68 bits per heavy atom. The summed E-state index contributed by atoms with van der Waals surface area (Å²) in [5.74, 6) is 0. The van der Waals surface area contributed by atoms with Crippen LogP contribution in [0.4, 0.5) is 13.2 Å². The zero-order valence-corrected chi connectivity index (χ0v) is 11.5. The van der Waals surface area contributed by atoms with E-state index in [0.29, 0.717) is 12.8 Å². The second-order valence-electron chi connectivity index (χ2n) is 4.13. The summed E-state index contributed by atoms with van der Waals surface area (Å²) in [7, 11) is -4.17.